The number of methoxy groups -OCH3 is 2. The summed E-state index contributed by atoms with van der Waals surface area (Å²) in [5, 5.41) is 24.2. The summed E-state index contributed by atoms with van der Waals surface area (Å²) in [4.78, 5) is 3.26. The predicted octanol–water partition coefficient (Wildman–Crippen LogP) is 2.12. The number of aliphatic hydroxyl groups excluding tert-OH is 1. The third-order valence-electron chi connectivity index (χ3n) is 6.13. The molecule has 2 heterocycles. The summed E-state index contributed by atoms with van der Waals surface area (Å²) in [5.74, 6) is 0.578. The molecule has 3 atom stereocenters. The molecule has 0 bridgehead atoms. The van der Waals surface area contributed by atoms with Crippen molar-refractivity contribution in [2.75, 3.05) is 24.9 Å². The fourth-order valence-corrected chi connectivity index (χ4v) is 4.58. The van der Waals surface area contributed by atoms with Crippen molar-refractivity contribution in [2.24, 2.45) is 7.05 Å². The highest BCUT2D eigenvalue weighted by Gasteiger charge is 2.54. The first-order chi connectivity index (χ1) is 16.2. The lowest BCUT2D eigenvalue weighted by Crippen LogP contribution is -2.62. The number of aryl methyl sites for hydroxylation is 2. The molecular formula is C23H29FN6O4. The van der Waals surface area contributed by atoms with Gasteiger partial charge in [0.1, 0.15) is 17.7 Å². The van der Waals surface area contributed by atoms with Gasteiger partial charge in [-0.3, -0.25) is 0 Å². The van der Waals surface area contributed by atoms with Gasteiger partial charge in [-0.25, -0.2) is 4.39 Å². The Morgan fingerprint density at radius 2 is 2.00 bits per heavy atom. The number of hydrogen-bond acceptors (Lipinski definition) is 9. The molecule has 0 radical (unpaired) electrons. The third-order valence-corrected chi connectivity index (χ3v) is 6.13. The van der Waals surface area contributed by atoms with Crippen molar-refractivity contribution in [3.63, 3.8) is 0 Å². The molecule has 0 aliphatic carbocycles. The van der Waals surface area contributed by atoms with Crippen LogP contribution in [0.25, 0.3) is 0 Å². The highest BCUT2D eigenvalue weighted by atomic mass is 19.1. The SMILES string of the molecule is COC(OC)[C@@]1(C)Oc2ccc(N)cc2[C@H](N(Cc2nnn(C)n2)c2ccc(F)cc2C)[C@H]1O. The molecule has 3 aromatic rings. The van der Waals surface area contributed by atoms with Crippen LogP contribution in [-0.2, 0) is 23.1 Å². The molecule has 0 amide bonds. The zero-order valence-electron chi connectivity index (χ0n) is 19.8. The van der Waals surface area contributed by atoms with Crippen LogP contribution in [0.4, 0.5) is 15.8 Å². The lowest BCUT2D eigenvalue weighted by Gasteiger charge is -2.50. The quantitative estimate of drug-likeness (QED) is 0.393. The van der Waals surface area contributed by atoms with Crippen LogP contribution < -0.4 is 15.4 Å². The molecule has 1 aliphatic rings. The van der Waals surface area contributed by atoms with Crippen molar-refractivity contribution in [1.29, 1.82) is 0 Å². The Morgan fingerprint density at radius 3 is 2.62 bits per heavy atom. The van der Waals surface area contributed by atoms with E-state index in [1.54, 1.807) is 45.2 Å². The topological polar surface area (TPSA) is 121 Å². The summed E-state index contributed by atoms with van der Waals surface area (Å²) >= 11 is 0. The number of hydrogen-bond donors (Lipinski definition) is 2. The molecule has 3 N–H and O–H groups in total. The van der Waals surface area contributed by atoms with Crippen LogP contribution in [0.1, 0.15) is 29.9 Å². The second-order valence-electron chi connectivity index (χ2n) is 8.53. The molecule has 4 rings (SSSR count). The Balaban J connectivity index is 1.92. The fourth-order valence-electron chi connectivity index (χ4n) is 4.58. The molecule has 0 saturated heterocycles. The number of ether oxygens (including phenoxy) is 3. The fraction of sp³-hybridized carbons (Fsp3) is 0.435. The smallest absolute Gasteiger partial charge is 0.199 e. The van der Waals surface area contributed by atoms with E-state index in [2.05, 4.69) is 15.4 Å². The standard InChI is InChI=1S/C23H29FN6O4/c1-13-10-14(24)6-8-17(13)30(12-19-26-28-29(3)27-19)20-16-11-15(25)7-9-18(16)34-23(2,21(20)31)22(32-4)33-5/h6-11,20-22,31H,12,25H2,1-5H3/t20-,21+,23-/m0/s1. The van der Waals surface area contributed by atoms with Gasteiger partial charge >= 0.3 is 0 Å². The second kappa shape index (κ2) is 9.16. The minimum Gasteiger partial charge on any atom is -0.479 e. The van der Waals surface area contributed by atoms with Crippen LogP contribution in [0.15, 0.2) is 36.4 Å². The summed E-state index contributed by atoms with van der Waals surface area (Å²) in [7, 11) is 4.63. The number of anilines is 2. The highest BCUT2D eigenvalue weighted by Crippen LogP contribution is 2.47. The maximum atomic E-state index is 14.0. The van der Waals surface area contributed by atoms with Crippen molar-refractivity contribution in [1.82, 2.24) is 20.2 Å². The van der Waals surface area contributed by atoms with E-state index in [4.69, 9.17) is 19.9 Å². The van der Waals surface area contributed by atoms with E-state index >= 15 is 0 Å². The van der Waals surface area contributed by atoms with Crippen LogP contribution in [0.5, 0.6) is 5.75 Å². The van der Waals surface area contributed by atoms with Crippen LogP contribution in [0, 0.1) is 12.7 Å². The van der Waals surface area contributed by atoms with Crippen molar-refractivity contribution in [3.8, 4) is 5.75 Å². The van der Waals surface area contributed by atoms with E-state index in [1.165, 1.54) is 31.1 Å². The Kier molecular flexibility index (Phi) is 6.43. The number of fused-ring (bicyclic) bond motifs is 1. The average molecular weight is 473 g/mol. The molecule has 11 heteroatoms. The zero-order valence-corrected chi connectivity index (χ0v) is 19.8. The number of nitrogens with two attached hydrogens (primary N) is 1. The first-order valence-electron chi connectivity index (χ1n) is 10.8. The van der Waals surface area contributed by atoms with Gasteiger partial charge in [0.2, 0.25) is 0 Å². The number of aromatic nitrogens is 4. The van der Waals surface area contributed by atoms with Crippen molar-refractivity contribution < 1.29 is 23.7 Å². The molecule has 1 aliphatic heterocycles. The molecule has 0 saturated carbocycles. The van der Waals surface area contributed by atoms with E-state index in [-0.39, 0.29) is 12.4 Å². The average Bonchev–Trinajstić information content (AvgIpc) is 3.20. The van der Waals surface area contributed by atoms with Crippen molar-refractivity contribution in [2.45, 2.75) is 44.4 Å². The third kappa shape index (κ3) is 4.17. The summed E-state index contributed by atoms with van der Waals surface area (Å²) < 4.78 is 31.3. The molecule has 10 nitrogen and oxygen atoms in total. The molecule has 0 spiro atoms. The largest absolute Gasteiger partial charge is 0.479 e. The maximum Gasteiger partial charge on any atom is 0.199 e. The molecule has 1 aromatic heterocycles. The van der Waals surface area contributed by atoms with Crippen LogP contribution in [-0.4, -0.2) is 57.5 Å². The van der Waals surface area contributed by atoms with E-state index in [9.17, 15) is 9.50 Å². The molecule has 0 unspecified atom stereocenters. The first kappa shape index (κ1) is 23.9. The molecule has 0 fully saturated rings. The van der Waals surface area contributed by atoms with Gasteiger partial charge < -0.3 is 30.0 Å². The summed E-state index contributed by atoms with van der Waals surface area (Å²) in [6.45, 7) is 3.70. The Bertz CT molecular complexity index is 1170. The van der Waals surface area contributed by atoms with Gasteiger partial charge in [0.05, 0.1) is 19.6 Å². The summed E-state index contributed by atoms with van der Waals surface area (Å²) in [5.41, 5.74) is 7.34. The van der Waals surface area contributed by atoms with Crippen LogP contribution in [0.3, 0.4) is 0 Å². The van der Waals surface area contributed by atoms with Gasteiger partial charge in [0.15, 0.2) is 17.7 Å². The Hall–Kier alpha value is -3.28. The lowest BCUT2D eigenvalue weighted by molar-refractivity contribution is -0.237. The number of benzene rings is 2. The predicted molar refractivity (Wildman–Crippen MR) is 123 cm³/mol. The van der Waals surface area contributed by atoms with Crippen LogP contribution >= 0.6 is 0 Å². The Morgan fingerprint density at radius 1 is 1.26 bits per heavy atom. The first-order valence-corrected chi connectivity index (χ1v) is 10.8. The Labute approximate surface area is 197 Å². The van der Waals surface area contributed by atoms with E-state index in [0.29, 0.717) is 34.1 Å². The monoisotopic (exact) mass is 472 g/mol. The number of aliphatic hydroxyl groups is 1. The normalized spacial score (nSPS) is 21.9. The minimum absolute atomic E-state index is 0.178. The van der Waals surface area contributed by atoms with E-state index < -0.39 is 24.0 Å². The number of halogens is 1. The molecule has 34 heavy (non-hydrogen) atoms. The highest BCUT2D eigenvalue weighted by molar-refractivity contribution is 5.59. The molecule has 2 aromatic carbocycles. The summed E-state index contributed by atoms with van der Waals surface area (Å²) in [6, 6.07) is 9.01. The van der Waals surface area contributed by atoms with Crippen LogP contribution in [0.2, 0.25) is 0 Å². The van der Waals surface area contributed by atoms with E-state index in [1.807, 2.05) is 4.90 Å². The summed E-state index contributed by atoms with van der Waals surface area (Å²) in [6.07, 6.45) is -2.05. The van der Waals surface area contributed by atoms with Gasteiger partial charge in [-0.1, -0.05) is 0 Å². The van der Waals surface area contributed by atoms with Gasteiger partial charge in [-0.15, -0.1) is 10.2 Å². The van der Waals surface area contributed by atoms with Gasteiger partial charge in [0, 0.05) is 31.2 Å². The molecule has 182 valence electrons. The second-order valence-corrected chi connectivity index (χ2v) is 8.53. The van der Waals surface area contributed by atoms with Gasteiger partial charge in [-0.2, -0.15) is 4.80 Å². The van der Waals surface area contributed by atoms with Crippen molar-refractivity contribution in [3.05, 3.63) is 59.2 Å². The minimum atomic E-state index is -1.29. The molecular weight excluding hydrogens is 443 g/mol. The number of nitrogens with zero attached hydrogens (tertiary/aromatic N) is 5. The van der Waals surface area contributed by atoms with Crippen molar-refractivity contribution >= 4 is 11.4 Å². The maximum absolute atomic E-state index is 14.0. The lowest BCUT2D eigenvalue weighted by atomic mass is 9.83. The van der Waals surface area contributed by atoms with Gasteiger partial charge in [-0.05, 0) is 61.0 Å². The van der Waals surface area contributed by atoms with Gasteiger partial charge in [0.25, 0.3) is 0 Å². The number of tetrazole rings is 1. The number of rotatable bonds is 7. The zero-order chi connectivity index (χ0) is 24.6. The number of nitrogen functional groups attached to an aromatic ring is 1. The van der Waals surface area contributed by atoms with E-state index in [0.717, 1.165) is 0 Å².